The van der Waals surface area contributed by atoms with Crippen LogP contribution in [0.2, 0.25) is 0 Å². The Balaban J connectivity index is 2.52. The summed E-state index contributed by atoms with van der Waals surface area (Å²) in [5, 5.41) is 0. The van der Waals surface area contributed by atoms with Crippen molar-refractivity contribution in [1.29, 1.82) is 0 Å². The Labute approximate surface area is 46.6 Å². The molecule has 1 heterocycles. The van der Waals surface area contributed by atoms with E-state index in [1.807, 2.05) is 0 Å². The predicted octanol–water partition coefficient (Wildman–Crippen LogP) is -0.723. The minimum Gasteiger partial charge on any atom is -0.777 e. The highest BCUT2D eigenvalue weighted by molar-refractivity contribution is 7.51. The van der Waals surface area contributed by atoms with Crippen molar-refractivity contribution in [2.75, 3.05) is 0 Å². The van der Waals surface area contributed by atoms with Crippen molar-refractivity contribution in [1.82, 2.24) is 0 Å². The fourth-order valence-electron chi connectivity index (χ4n) is 0.517. The summed E-state index contributed by atoms with van der Waals surface area (Å²) in [7, 11) is -4.15. The summed E-state index contributed by atoms with van der Waals surface area (Å²) in [5.74, 6) is -0.928. The van der Waals surface area contributed by atoms with Gasteiger partial charge in [-0.25, -0.2) is 0 Å². The fourth-order valence-corrected chi connectivity index (χ4v) is 1.39. The van der Waals surface area contributed by atoms with Crippen LogP contribution in [0.4, 0.5) is 0 Å². The van der Waals surface area contributed by atoms with Gasteiger partial charge in [-0.05, 0) is 6.92 Å². The maximum absolute atomic E-state index is 10.1. The Morgan fingerprint density at radius 2 is 2.25 bits per heavy atom. The van der Waals surface area contributed by atoms with Crippen molar-refractivity contribution in [3.8, 4) is 0 Å². The van der Waals surface area contributed by atoms with Crippen LogP contribution in [0, 0.1) is 0 Å². The molecule has 4 nitrogen and oxygen atoms in total. The molecule has 1 aliphatic heterocycles. The third-order valence-corrected chi connectivity index (χ3v) is 2.19. The van der Waals surface area contributed by atoms with E-state index in [4.69, 9.17) is 4.89 Å². The standard InChI is InChI=1S/C3H7O4P/c1-2-3(7-2)8(4,5)6/h2-3H,1H3,(H2,4,5,6)/p-1/t2-,3+/m0/s1. The van der Waals surface area contributed by atoms with Gasteiger partial charge in [0.1, 0.15) is 5.85 Å². The normalized spacial score (nSPS) is 43.4. The Bertz CT molecular complexity index is 138. The number of rotatable bonds is 1. The number of epoxide rings is 1. The van der Waals surface area contributed by atoms with Gasteiger partial charge >= 0.3 is 0 Å². The molecule has 0 aliphatic carbocycles. The van der Waals surface area contributed by atoms with E-state index < -0.39 is 13.4 Å². The van der Waals surface area contributed by atoms with Crippen molar-refractivity contribution in [3.63, 3.8) is 0 Å². The zero-order valence-electron chi connectivity index (χ0n) is 4.27. The van der Waals surface area contributed by atoms with Crippen molar-refractivity contribution >= 4 is 7.60 Å². The highest BCUT2D eigenvalue weighted by Gasteiger charge is 2.42. The van der Waals surface area contributed by atoms with E-state index in [-0.39, 0.29) is 6.10 Å². The smallest absolute Gasteiger partial charge is 0.163 e. The van der Waals surface area contributed by atoms with Crippen LogP contribution in [-0.4, -0.2) is 16.8 Å². The minimum absolute atomic E-state index is 0.316. The molecule has 1 N–H and O–H groups in total. The molecule has 8 heavy (non-hydrogen) atoms. The molecule has 0 aromatic carbocycles. The van der Waals surface area contributed by atoms with Crippen molar-refractivity contribution < 1.29 is 19.1 Å². The Morgan fingerprint density at radius 1 is 1.88 bits per heavy atom. The van der Waals surface area contributed by atoms with Crippen LogP contribution < -0.4 is 4.89 Å². The molecular weight excluding hydrogens is 131 g/mol. The van der Waals surface area contributed by atoms with Gasteiger partial charge in [0.2, 0.25) is 0 Å². The monoisotopic (exact) mass is 137 g/mol. The van der Waals surface area contributed by atoms with E-state index in [0.717, 1.165) is 0 Å². The Hall–Kier alpha value is 0.110. The molecule has 1 saturated heterocycles. The third kappa shape index (κ3) is 1.09. The van der Waals surface area contributed by atoms with E-state index in [1.54, 1.807) is 6.92 Å². The van der Waals surface area contributed by atoms with Gasteiger partial charge < -0.3 is 19.1 Å². The first kappa shape index (κ1) is 6.23. The molecule has 0 bridgehead atoms. The maximum atomic E-state index is 10.1. The van der Waals surface area contributed by atoms with Crippen LogP contribution in [-0.2, 0) is 9.30 Å². The van der Waals surface area contributed by atoms with Gasteiger partial charge in [0, 0.05) is 0 Å². The van der Waals surface area contributed by atoms with Crippen LogP contribution in [0.3, 0.4) is 0 Å². The summed E-state index contributed by atoms with van der Waals surface area (Å²) in [4.78, 5) is 18.3. The lowest BCUT2D eigenvalue weighted by Crippen LogP contribution is -2.05. The highest BCUT2D eigenvalue weighted by atomic mass is 31.2. The first-order valence-corrected chi connectivity index (χ1v) is 3.85. The van der Waals surface area contributed by atoms with E-state index in [9.17, 15) is 9.46 Å². The van der Waals surface area contributed by atoms with Crippen molar-refractivity contribution in [2.24, 2.45) is 0 Å². The first-order valence-electron chi connectivity index (χ1n) is 2.21. The lowest BCUT2D eigenvalue weighted by molar-refractivity contribution is -0.195. The molecule has 0 radical (unpaired) electrons. The lowest BCUT2D eigenvalue weighted by Gasteiger charge is -2.10. The average molecular weight is 137 g/mol. The van der Waals surface area contributed by atoms with Crippen molar-refractivity contribution in [2.45, 2.75) is 18.9 Å². The summed E-state index contributed by atoms with van der Waals surface area (Å²) in [6.45, 7) is 1.59. The van der Waals surface area contributed by atoms with Crippen LogP contribution in [0.5, 0.6) is 0 Å². The van der Waals surface area contributed by atoms with Gasteiger partial charge in [0.05, 0.1) is 6.10 Å². The summed E-state index contributed by atoms with van der Waals surface area (Å²) < 4.78 is 14.5. The molecule has 0 aromatic rings. The topological polar surface area (TPSA) is 72.9 Å². The predicted molar refractivity (Wildman–Crippen MR) is 24.2 cm³/mol. The first-order chi connectivity index (χ1) is 3.52. The maximum Gasteiger partial charge on any atom is 0.163 e. The zero-order valence-corrected chi connectivity index (χ0v) is 5.17. The molecule has 0 amide bonds. The molecule has 1 rings (SSSR count). The van der Waals surface area contributed by atoms with Gasteiger partial charge in [-0.1, -0.05) is 0 Å². The number of hydrogen-bond acceptors (Lipinski definition) is 3. The summed E-state index contributed by atoms with van der Waals surface area (Å²) >= 11 is 0. The largest absolute Gasteiger partial charge is 0.777 e. The quantitative estimate of drug-likeness (QED) is 0.382. The lowest BCUT2D eigenvalue weighted by atomic mass is 10.6. The second kappa shape index (κ2) is 1.54. The van der Waals surface area contributed by atoms with E-state index in [1.165, 1.54) is 0 Å². The summed E-state index contributed by atoms with van der Waals surface area (Å²) in [6, 6.07) is 0. The number of ether oxygens (including phenoxy) is 1. The number of hydrogen-bond donors (Lipinski definition) is 1. The third-order valence-electron chi connectivity index (χ3n) is 1.00. The average Bonchev–Trinajstić information content (AvgIpc) is 2.13. The van der Waals surface area contributed by atoms with Crippen LogP contribution >= 0.6 is 7.60 Å². The SMILES string of the molecule is C[C@@H]1O[C@@H]1P(=O)([O-])O. The van der Waals surface area contributed by atoms with Crippen molar-refractivity contribution in [3.05, 3.63) is 0 Å². The second-order valence-electron chi connectivity index (χ2n) is 1.80. The fraction of sp³-hybridized carbons (Fsp3) is 1.00. The molecule has 0 spiro atoms. The van der Waals surface area contributed by atoms with Crippen LogP contribution in [0.25, 0.3) is 0 Å². The molecule has 3 atom stereocenters. The second-order valence-corrected chi connectivity index (χ2v) is 3.43. The van der Waals surface area contributed by atoms with Gasteiger partial charge in [-0.15, -0.1) is 0 Å². The van der Waals surface area contributed by atoms with Crippen LogP contribution in [0.1, 0.15) is 6.92 Å². The zero-order chi connectivity index (χ0) is 6.36. The van der Waals surface area contributed by atoms with E-state index in [2.05, 4.69) is 4.74 Å². The van der Waals surface area contributed by atoms with Gasteiger partial charge in [-0.2, -0.15) is 0 Å². The van der Waals surface area contributed by atoms with Gasteiger partial charge in [0.25, 0.3) is 0 Å². The summed E-state index contributed by atoms with van der Waals surface area (Å²) in [6.07, 6.45) is -0.316. The summed E-state index contributed by atoms with van der Waals surface area (Å²) in [5.41, 5.74) is 0. The molecule has 0 saturated carbocycles. The molecule has 1 fully saturated rings. The Morgan fingerprint density at radius 3 is 2.25 bits per heavy atom. The molecule has 48 valence electrons. The molecule has 0 aromatic heterocycles. The van der Waals surface area contributed by atoms with Crippen LogP contribution in [0.15, 0.2) is 0 Å². The molecule has 5 heteroatoms. The van der Waals surface area contributed by atoms with E-state index >= 15 is 0 Å². The highest BCUT2D eigenvalue weighted by Crippen LogP contribution is 2.49. The minimum atomic E-state index is -4.15. The molecular formula is C3H6O4P-. The Kier molecular flexibility index (Phi) is 1.20. The van der Waals surface area contributed by atoms with Gasteiger partial charge in [0.15, 0.2) is 7.60 Å². The molecule has 1 unspecified atom stereocenters. The van der Waals surface area contributed by atoms with Gasteiger partial charge in [-0.3, -0.25) is 0 Å². The molecule has 1 aliphatic rings. The van der Waals surface area contributed by atoms with E-state index in [0.29, 0.717) is 0 Å².